The number of nitrogens with zero attached hydrogens (tertiary/aromatic N) is 1. The van der Waals surface area contributed by atoms with Crippen molar-refractivity contribution in [3.05, 3.63) is 32.5 Å². The molecule has 0 saturated carbocycles. The summed E-state index contributed by atoms with van der Waals surface area (Å²) in [5, 5.41) is 0.897. The number of rotatable bonds is 3. The fraction of sp³-hybridized carbons (Fsp3) is 0.300. The van der Waals surface area contributed by atoms with E-state index in [1.165, 1.54) is 5.57 Å². The third-order valence-corrected chi connectivity index (χ3v) is 3.59. The first-order valence-corrected chi connectivity index (χ1v) is 6.94. The van der Waals surface area contributed by atoms with Crippen LogP contribution in [0.4, 0.5) is 0 Å². The minimum absolute atomic E-state index is 0.897. The molecule has 1 nitrogen and oxygen atoms in total. The summed E-state index contributed by atoms with van der Waals surface area (Å²) in [6.45, 7) is 2.14. The van der Waals surface area contributed by atoms with Crippen molar-refractivity contribution in [1.82, 2.24) is 4.98 Å². The van der Waals surface area contributed by atoms with Gasteiger partial charge in [-0.25, -0.2) is 0 Å². The van der Waals surface area contributed by atoms with Crippen molar-refractivity contribution < 1.29 is 0 Å². The SMILES string of the molecule is CC/C(=C\c1ncc(Br)cc1Br)CBr. The topological polar surface area (TPSA) is 12.9 Å². The molecule has 0 N–H and O–H groups in total. The quantitative estimate of drug-likeness (QED) is 0.683. The van der Waals surface area contributed by atoms with Crippen molar-refractivity contribution in [2.75, 3.05) is 5.33 Å². The molecular formula is C10H10Br3N. The van der Waals surface area contributed by atoms with Gasteiger partial charge in [0.25, 0.3) is 0 Å². The predicted octanol–water partition coefficient (Wildman–Crippen LogP) is 4.79. The Morgan fingerprint density at radius 3 is 2.71 bits per heavy atom. The largest absolute Gasteiger partial charge is 0.255 e. The molecule has 0 aliphatic rings. The standard InChI is InChI=1S/C10H10Br3N/c1-2-7(5-11)3-10-9(13)4-8(12)6-14-10/h3-4,6H,2,5H2,1H3/b7-3+. The van der Waals surface area contributed by atoms with E-state index in [2.05, 4.69) is 65.8 Å². The highest BCUT2D eigenvalue weighted by molar-refractivity contribution is 9.11. The molecule has 0 radical (unpaired) electrons. The Hall–Kier alpha value is 0.330. The highest BCUT2D eigenvalue weighted by atomic mass is 79.9. The van der Waals surface area contributed by atoms with E-state index in [0.29, 0.717) is 0 Å². The number of allylic oxidation sites excluding steroid dienone is 1. The molecule has 0 spiro atoms. The maximum atomic E-state index is 4.32. The highest BCUT2D eigenvalue weighted by Gasteiger charge is 2.00. The van der Waals surface area contributed by atoms with Crippen molar-refractivity contribution >= 4 is 53.9 Å². The fourth-order valence-electron chi connectivity index (χ4n) is 0.960. The minimum atomic E-state index is 0.897. The summed E-state index contributed by atoms with van der Waals surface area (Å²) in [6.07, 6.45) is 4.94. The van der Waals surface area contributed by atoms with Crippen LogP contribution in [0.25, 0.3) is 6.08 Å². The summed E-state index contributed by atoms with van der Waals surface area (Å²) in [4.78, 5) is 4.32. The van der Waals surface area contributed by atoms with Crippen LogP contribution in [-0.4, -0.2) is 10.3 Å². The minimum Gasteiger partial charge on any atom is -0.255 e. The first-order chi connectivity index (χ1) is 6.67. The van der Waals surface area contributed by atoms with Gasteiger partial charge in [-0.3, -0.25) is 4.98 Å². The number of hydrogen-bond donors (Lipinski definition) is 0. The highest BCUT2D eigenvalue weighted by Crippen LogP contribution is 2.22. The number of halogens is 3. The fourth-order valence-corrected chi connectivity index (χ4v) is 2.62. The molecule has 0 unspecified atom stereocenters. The summed E-state index contributed by atoms with van der Waals surface area (Å²) < 4.78 is 2.00. The zero-order valence-electron chi connectivity index (χ0n) is 7.73. The second-order valence-electron chi connectivity index (χ2n) is 2.81. The average molecular weight is 384 g/mol. The van der Waals surface area contributed by atoms with E-state index in [4.69, 9.17) is 0 Å². The Morgan fingerprint density at radius 1 is 1.50 bits per heavy atom. The van der Waals surface area contributed by atoms with Gasteiger partial charge in [-0.05, 0) is 50.4 Å². The molecule has 0 bridgehead atoms. The summed E-state index contributed by atoms with van der Waals surface area (Å²) in [5.41, 5.74) is 2.31. The lowest BCUT2D eigenvalue weighted by molar-refractivity contribution is 1.12. The van der Waals surface area contributed by atoms with Gasteiger partial charge in [0.2, 0.25) is 0 Å². The van der Waals surface area contributed by atoms with Crippen LogP contribution in [0.1, 0.15) is 19.0 Å². The van der Waals surface area contributed by atoms with Crippen molar-refractivity contribution in [2.24, 2.45) is 0 Å². The van der Waals surface area contributed by atoms with Crippen molar-refractivity contribution in [3.8, 4) is 0 Å². The molecule has 0 atom stereocenters. The van der Waals surface area contributed by atoms with Gasteiger partial charge in [0.05, 0.1) is 5.69 Å². The summed E-state index contributed by atoms with van der Waals surface area (Å²) >= 11 is 10.3. The van der Waals surface area contributed by atoms with E-state index in [1.54, 1.807) is 6.20 Å². The second kappa shape index (κ2) is 6.03. The van der Waals surface area contributed by atoms with E-state index in [9.17, 15) is 0 Å². The van der Waals surface area contributed by atoms with Crippen molar-refractivity contribution in [2.45, 2.75) is 13.3 Å². The molecule has 1 aromatic heterocycles. The van der Waals surface area contributed by atoms with Gasteiger partial charge < -0.3 is 0 Å². The van der Waals surface area contributed by atoms with Gasteiger partial charge >= 0.3 is 0 Å². The van der Waals surface area contributed by atoms with Crippen molar-refractivity contribution in [3.63, 3.8) is 0 Å². The average Bonchev–Trinajstić information content (AvgIpc) is 2.17. The molecular weight excluding hydrogens is 374 g/mol. The Bertz CT molecular complexity index is 341. The molecule has 0 saturated heterocycles. The molecule has 1 aromatic rings. The zero-order valence-corrected chi connectivity index (χ0v) is 12.5. The first-order valence-electron chi connectivity index (χ1n) is 4.23. The Balaban J connectivity index is 3.02. The number of aromatic nitrogens is 1. The van der Waals surface area contributed by atoms with Crippen LogP contribution >= 0.6 is 47.8 Å². The third-order valence-electron chi connectivity index (χ3n) is 1.80. The normalized spacial score (nSPS) is 11.9. The van der Waals surface area contributed by atoms with Gasteiger partial charge in [-0.1, -0.05) is 28.4 Å². The van der Waals surface area contributed by atoms with Gasteiger partial charge in [0.1, 0.15) is 0 Å². The van der Waals surface area contributed by atoms with Crippen LogP contribution in [0.3, 0.4) is 0 Å². The maximum Gasteiger partial charge on any atom is 0.0772 e. The molecule has 0 aromatic carbocycles. The lowest BCUT2D eigenvalue weighted by atomic mass is 10.2. The molecule has 76 valence electrons. The first kappa shape index (κ1) is 12.4. The number of hydrogen-bond acceptors (Lipinski definition) is 1. The molecule has 1 rings (SSSR count). The van der Waals surface area contributed by atoms with E-state index in [0.717, 1.165) is 26.4 Å². The summed E-state index contributed by atoms with van der Waals surface area (Å²) in [6, 6.07) is 2.00. The lowest BCUT2D eigenvalue weighted by Gasteiger charge is -2.02. The Kier molecular flexibility index (Phi) is 5.34. The van der Waals surface area contributed by atoms with Crippen LogP contribution in [0.2, 0.25) is 0 Å². The second-order valence-corrected chi connectivity index (χ2v) is 5.14. The number of pyridine rings is 1. The third kappa shape index (κ3) is 3.48. The van der Waals surface area contributed by atoms with Gasteiger partial charge in [-0.2, -0.15) is 0 Å². The van der Waals surface area contributed by atoms with E-state index in [-0.39, 0.29) is 0 Å². The number of alkyl halides is 1. The van der Waals surface area contributed by atoms with Crippen LogP contribution in [0, 0.1) is 0 Å². The molecule has 0 aliphatic carbocycles. The Labute approximate surface area is 109 Å². The predicted molar refractivity (Wildman–Crippen MR) is 71.7 cm³/mol. The van der Waals surface area contributed by atoms with E-state index < -0.39 is 0 Å². The lowest BCUT2D eigenvalue weighted by Crippen LogP contribution is -1.87. The molecule has 14 heavy (non-hydrogen) atoms. The van der Waals surface area contributed by atoms with Crippen LogP contribution in [-0.2, 0) is 0 Å². The van der Waals surface area contributed by atoms with Crippen LogP contribution in [0.5, 0.6) is 0 Å². The molecule has 4 heteroatoms. The molecule has 0 fully saturated rings. The molecule has 0 amide bonds. The molecule has 1 heterocycles. The van der Waals surface area contributed by atoms with E-state index in [1.807, 2.05) is 6.07 Å². The Morgan fingerprint density at radius 2 is 2.21 bits per heavy atom. The van der Waals surface area contributed by atoms with Gasteiger partial charge in [-0.15, -0.1) is 0 Å². The summed E-state index contributed by atoms with van der Waals surface area (Å²) in [7, 11) is 0. The van der Waals surface area contributed by atoms with Gasteiger partial charge in [0.15, 0.2) is 0 Å². The zero-order chi connectivity index (χ0) is 10.6. The molecule has 0 aliphatic heterocycles. The van der Waals surface area contributed by atoms with Crippen molar-refractivity contribution in [1.29, 1.82) is 0 Å². The van der Waals surface area contributed by atoms with Gasteiger partial charge in [0, 0.05) is 20.5 Å². The van der Waals surface area contributed by atoms with E-state index >= 15 is 0 Å². The van der Waals surface area contributed by atoms with Crippen LogP contribution < -0.4 is 0 Å². The smallest absolute Gasteiger partial charge is 0.0772 e. The maximum absolute atomic E-state index is 4.32. The van der Waals surface area contributed by atoms with Crippen LogP contribution in [0.15, 0.2) is 26.8 Å². The summed E-state index contributed by atoms with van der Waals surface area (Å²) in [5.74, 6) is 0. The monoisotopic (exact) mass is 381 g/mol.